The Morgan fingerprint density at radius 3 is 2.88 bits per heavy atom. The number of thiophene rings is 1. The zero-order valence-electron chi connectivity index (χ0n) is 10.3. The highest BCUT2D eigenvalue weighted by atomic mass is 32.1. The lowest BCUT2D eigenvalue weighted by Crippen LogP contribution is -2.42. The first-order valence-electron chi connectivity index (χ1n) is 5.80. The SMILES string of the molecule is CC(CNC(=O)N[C@H](C)CCO)c1ccsc1. The summed E-state index contributed by atoms with van der Waals surface area (Å²) in [5.41, 5.74) is 1.25. The Kier molecular flexibility index (Phi) is 6.00. The average Bonchev–Trinajstić information content (AvgIpc) is 2.79. The van der Waals surface area contributed by atoms with Crippen LogP contribution in [0.2, 0.25) is 0 Å². The molecule has 1 rings (SSSR count). The molecule has 17 heavy (non-hydrogen) atoms. The minimum absolute atomic E-state index is 0.00328. The third-order valence-electron chi connectivity index (χ3n) is 2.62. The maximum atomic E-state index is 11.5. The summed E-state index contributed by atoms with van der Waals surface area (Å²) in [6.45, 7) is 4.67. The Hall–Kier alpha value is -1.07. The maximum Gasteiger partial charge on any atom is 0.315 e. The van der Waals surface area contributed by atoms with Crippen molar-refractivity contribution in [1.29, 1.82) is 0 Å². The second kappa shape index (κ2) is 7.29. The monoisotopic (exact) mass is 256 g/mol. The molecule has 1 heterocycles. The van der Waals surface area contributed by atoms with Crippen LogP contribution in [0.1, 0.15) is 31.7 Å². The Morgan fingerprint density at radius 2 is 2.29 bits per heavy atom. The van der Waals surface area contributed by atoms with Crippen molar-refractivity contribution in [2.75, 3.05) is 13.2 Å². The van der Waals surface area contributed by atoms with Crippen LogP contribution < -0.4 is 10.6 Å². The summed E-state index contributed by atoms with van der Waals surface area (Å²) < 4.78 is 0. The average molecular weight is 256 g/mol. The molecule has 0 aliphatic heterocycles. The first-order chi connectivity index (χ1) is 8.13. The molecule has 5 heteroatoms. The third kappa shape index (κ3) is 5.19. The van der Waals surface area contributed by atoms with Crippen LogP contribution in [-0.4, -0.2) is 30.3 Å². The molecular weight excluding hydrogens is 236 g/mol. The minimum atomic E-state index is -0.173. The number of rotatable bonds is 6. The van der Waals surface area contributed by atoms with Crippen molar-refractivity contribution in [3.63, 3.8) is 0 Å². The van der Waals surface area contributed by atoms with E-state index in [1.165, 1.54) is 5.56 Å². The lowest BCUT2D eigenvalue weighted by atomic mass is 10.1. The summed E-state index contributed by atoms with van der Waals surface area (Å²) in [6.07, 6.45) is 0.577. The molecule has 0 fully saturated rings. The van der Waals surface area contributed by atoms with E-state index in [0.29, 0.717) is 18.9 Å². The van der Waals surface area contributed by atoms with Crippen molar-refractivity contribution in [1.82, 2.24) is 10.6 Å². The number of nitrogens with one attached hydrogen (secondary N) is 2. The largest absolute Gasteiger partial charge is 0.396 e. The lowest BCUT2D eigenvalue weighted by molar-refractivity contribution is 0.230. The molecule has 2 atom stereocenters. The molecule has 1 unspecified atom stereocenters. The summed E-state index contributed by atoms with van der Waals surface area (Å²) in [6, 6.07) is 1.90. The van der Waals surface area contributed by atoms with Gasteiger partial charge in [-0.25, -0.2) is 4.79 Å². The Bertz CT molecular complexity index is 327. The van der Waals surface area contributed by atoms with Gasteiger partial charge in [-0.1, -0.05) is 6.92 Å². The Morgan fingerprint density at radius 1 is 1.53 bits per heavy atom. The topological polar surface area (TPSA) is 61.4 Å². The molecule has 0 aliphatic rings. The highest BCUT2D eigenvalue weighted by Gasteiger charge is 2.09. The molecule has 96 valence electrons. The predicted octanol–water partition coefficient (Wildman–Crippen LogP) is 1.92. The van der Waals surface area contributed by atoms with Gasteiger partial charge in [0.25, 0.3) is 0 Å². The van der Waals surface area contributed by atoms with Crippen LogP contribution in [0.15, 0.2) is 16.8 Å². The fourth-order valence-electron chi connectivity index (χ4n) is 1.46. The predicted molar refractivity (Wildman–Crippen MR) is 70.4 cm³/mol. The molecule has 0 bridgehead atoms. The van der Waals surface area contributed by atoms with Gasteiger partial charge in [0.05, 0.1) is 0 Å². The van der Waals surface area contributed by atoms with E-state index in [-0.39, 0.29) is 18.7 Å². The van der Waals surface area contributed by atoms with E-state index >= 15 is 0 Å². The highest BCUT2D eigenvalue weighted by molar-refractivity contribution is 7.07. The summed E-state index contributed by atoms with van der Waals surface area (Å²) >= 11 is 1.66. The van der Waals surface area contributed by atoms with Gasteiger partial charge >= 0.3 is 6.03 Å². The van der Waals surface area contributed by atoms with Crippen LogP contribution in [0.3, 0.4) is 0 Å². The number of hydrogen-bond acceptors (Lipinski definition) is 3. The van der Waals surface area contributed by atoms with Gasteiger partial charge in [-0.15, -0.1) is 0 Å². The van der Waals surface area contributed by atoms with Crippen LogP contribution in [0.4, 0.5) is 4.79 Å². The van der Waals surface area contributed by atoms with Gasteiger partial charge in [-0.3, -0.25) is 0 Å². The second-order valence-electron chi connectivity index (χ2n) is 4.23. The third-order valence-corrected chi connectivity index (χ3v) is 3.32. The number of hydrogen-bond donors (Lipinski definition) is 3. The van der Waals surface area contributed by atoms with Gasteiger partial charge in [-0.2, -0.15) is 11.3 Å². The lowest BCUT2D eigenvalue weighted by Gasteiger charge is -2.15. The van der Waals surface area contributed by atoms with Crippen molar-refractivity contribution in [3.8, 4) is 0 Å². The number of carbonyl (C=O) groups is 1. The molecule has 0 saturated carbocycles. The van der Waals surface area contributed by atoms with Crippen molar-refractivity contribution < 1.29 is 9.90 Å². The fraction of sp³-hybridized carbons (Fsp3) is 0.583. The van der Waals surface area contributed by atoms with Gasteiger partial charge in [0.1, 0.15) is 0 Å². The van der Waals surface area contributed by atoms with Crippen LogP contribution in [-0.2, 0) is 0 Å². The summed E-state index contributed by atoms with van der Waals surface area (Å²) in [4.78, 5) is 11.5. The van der Waals surface area contributed by atoms with Gasteiger partial charge in [0, 0.05) is 19.2 Å². The molecule has 0 aliphatic carbocycles. The van der Waals surface area contributed by atoms with Crippen LogP contribution in [0.5, 0.6) is 0 Å². The van der Waals surface area contributed by atoms with Crippen molar-refractivity contribution >= 4 is 17.4 Å². The number of urea groups is 1. The maximum absolute atomic E-state index is 11.5. The van der Waals surface area contributed by atoms with E-state index in [0.717, 1.165) is 0 Å². The van der Waals surface area contributed by atoms with Crippen LogP contribution >= 0.6 is 11.3 Å². The molecule has 2 amide bonds. The van der Waals surface area contributed by atoms with E-state index in [4.69, 9.17) is 5.11 Å². The smallest absolute Gasteiger partial charge is 0.315 e. The Labute approximate surface area is 106 Å². The van der Waals surface area contributed by atoms with E-state index in [2.05, 4.69) is 29.0 Å². The van der Waals surface area contributed by atoms with Crippen molar-refractivity contribution in [2.24, 2.45) is 0 Å². The van der Waals surface area contributed by atoms with E-state index in [1.807, 2.05) is 12.3 Å². The van der Waals surface area contributed by atoms with Gasteiger partial charge in [-0.05, 0) is 41.7 Å². The number of aliphatic hydroxyl groups is 1. The number of aliphatic hydroxyl groups excluding tert-OH is 1. The molecule has 1 aromatic rings. The van der Waals surface area contributed by atoms with Gasteiger partial charge in [0.15, 0.2) is 0 Å². The number of carbonyl (C=O) groups excluding carboxylic acids is 1. The molecule has 0 saturated heterocycles. The molecule has 0 radical (unpaired) electrons. The molecule has 4 nitrogen and oxygen atoms in total. The second-order valence-corrected chi connectivity index (χ2v) is 5.01. The molecule has 0 aromatic carbocycles. The van der Waals surface area contributed by atoms with Gasteiger partial charge in [0.2, 0.25) is 0 Å². The molecule has 3 N–H and O–H groups in total. The highest BCUT2D eigenvalue weighted by Crippen LogP contribution is 2.16. The van der Waals surface area contributed by atoms with Crippen LogP contribution in [0, 0.1) is 0 Å². The standard InChI is InChI=1S/C12H20N2O2S/c1-9(11-4-6-17-8-11)7-13-12(16)14-10(2)3-5-15/h4,6,8-10,15H,3,5,7H2,1-2H3,(H2,13,14,16)/t9?,10-/m1/s1. The Balaban J connectivity index is 2.24. The zero-order chi connectivity index (χ0) is 12.7. The zero-order valence-corrected chi connectivity index (χ0v) is 11.1. The first kappa shape index (κ1) is 14.0. The quantitative estimate of drug-likeness (QED) is 0.728. The number of amides is 2. The van der Waals surface area contributed by atoms with E-state index < -0.39 is 0 Å². The fourth-order valence-corrected chi connectivity index (χ4v) is 2.24. The summed E-state index contributed by atoms with van der Waals surface area (Å²) in [7, 11) is 0. The minimum Gasteiger partial charge on any atom is -0.396 e. The van der Waals surface area contributed by atoms with Gasteiger partial charge < -0.3 is 15.7 Å². The first-order valence-corrected chi connectivity index (χ1v) is 6.75. The normalized spacial score (nSPS) is 14.1. The molecule has 1 aromatic heterocycles. The van der Waals surface area contributed by atoms with E-state index in [9.17, 15) is 4.79 Å². The summed E-state index contributed by atoms with van der Waals surface area (Å²) in [5.74, 6) is 0.320. The molecule has 0 spiro atoms. The van der Waals surface area contributed by atoms with Crippen molar-refractivity contribution in [3.05, 3.63) is 22.4 Å². The van der Waals surface area contributed by atoms with Crippen LogP contribution in [0.25, 0.3) is 0 Å². The molecular formula is C12H20N2O2S. The van der Waals surface area contributed by atoms with E-state index in [1.54, 1.807) is 11.3 Å². The summed E-state index contributed by atoms with van der Waals surface area (Å²) in [5, 5.41) is 18.5. The van der Waals surface area contributed by atoms with Crippen molar-refractivity contribution in [2.45, 2.75) is 32.2 Å².